The predicted octanol–water partition coefficient (Wildman–Crippen LogP) is 2.58. The van der Waals surface area contributed by atoms with Gasteiger partial charge in [-0.1, -0.05) is 45.0 Å². The third-order valence-electron chi connectivity index (χ3n) is 3.14. The van der Waals surface area contributed by atoms with E-state index in [4.69, 9.17) is 10.8 Å². The first-order chi connectivity index (χ1) is 8.32. The van der Waals surface area contributed by atoms with E-state index in [1.54, 1.807) is 0 Å². The number of benzene rings is 1. The van der Waals surface area contributed by atoms with E-state index in [9.17, 15) is 4.79 Å². The van der Waals surface area contributed by atoms with Crippen LogP contribution in [0.2, 0.25) is 0 Å². The Kier molecular flexibility index (Phi) is 4.91. The Morgan fingerprint density at radius 3 is 2.22 bits per heavy atom. The quantitative estimate of drug-likeness (QED) is 0.843. The maximum Gasteiger partial charge on any atom is 0.303 e. The summed E-state index contributed by atoms with van der Waals surface area (Å²) in [7, 11) is 0. The first-order valence-electron chi connectivity index (χ1n) is 6.34. The van der Waals surface area contributed by atoms with Crippen LogP contribution >= 0.6 is 0 Å². The van der Waals surface area contributed by atoms with Gasteiger partial charge in [-0.3, -0.25) is 4.79 Å². The molecule has 0 saturated heterocycles. The Bertz CT molecular complexity index is 390. The average molecular weight is 249 g/mol. The molecule has 0 aliphatic carbocycles. The number of carbonyl (C=O) groups is 1. The molecule has 3 heteroatoms. The molecule has 1 atom stereocenters. The van der Waals surface area contributed by atoms with Crippen molar-refractivity contribution in [1.29, 1.82) is 0 Å². The summed E-state index contributed by atoms with van der Waals surface area (Å²) in [6.07, 6.45) is 0.866. The summed E-state index contributed by atoms with van der Waals surface area (Å²) in [5.41, 5.74) is 8.19. The molecule has 18 heavy (non-hydrogen) atoms. The van der Waals surface area contributed by atoms with Crippen LogP contribution < -0.4 is 5.73 Å². The summed E-state index contributed by atoms with van der Waals surface area (Å²) < 4.78 is 0. The lowest BCUT2D eigenvalue weighted by molar-refractivity contribution is -0.138. The lowest BCUT2D eigenvalue weighted by atomic mass is 9.86. The fourth-order valence-electron chi connectivity index (χ4n) is 1.96. The van der Waals surface area contributed by atoms with Crippen molar-refractivity contribution in [1.82, 2.24) is 0 Å². The van der Waals surface area contributed by atoms with Gasteiger partial charge in [0.2, 0.25) is 0 Å². The van der Waals surface area contributed by atoms with Crippen molar-refractivity contribution >= 4 is 5.97 Å². The summed E-state index contributed by atoms with van der Waals surface area (Å²) in [6.45, 7) is 6.94. The number of hydrogen-bond donors (Lipinski definition) is 2. The highest BCUT2D eigenvalue weighted by molar-refractivity contribution is 5.67. The van der Waals surface area contributed by atoms with Gasteiger partial charge in [0.25, 0.3) is 0 Å². The van der Waals surface area contributed by atoms with Crippen LogP contribution in [0.25, 0.3) is 0 Å². The molecule has 0 saturated carbocycles. The van der Waals surface area contributed by atoms with Gasteiger partial charge in [0.05, 0.1) is 0 Å². The molecule has 0 aromatic heterocycles. The van der Waals surface area contributed by atoms with Crippen molar-refractivity contribution < 1.29 is 9.90 Å². The molecule has 3 nitrogen and oxygen atoms in total. The fraction of sp³-hybridized carbons (Fsp3) is 0.533. The summed E-state index contributed by atoms with van der Waals surface area (Å²) in [5.74, 6) is -0.764. The Morgan fingerprint density at radius 2 is 1.83 bits per heavy atom. The monoisotopic (exact) mass is 249 g/mol. The number of aliphatic carboxylic acids is 1. The molecule has 1 aromatic carbocycles. The zero-order valence-corrected chi connectivity index (χ0v) is 11.4. The molecule has 0 aliphatic heterocycles. The first-order valence-corrected chi connectivity index (χ1v) is 6.34. The van der Waals surface area contributed by atoms with Gasteiger partial charge in [-0.05, 0) is 35.4 Å². The summed E-state index contributed by atoms with van der Waals surface area (Å²) in [5, 5.41) is 8.79. The Hall–Kier alpha value is -1.35. The lowest BCUT2D eigenvalue weighted by Crippen LogP contribution is -2.20. The van der Waals surface area contributed by atoms with Gasteiger partial charge < -0.3 is 10.8 Å². The van der Waals surface area contributed by atoms with E-state index >= 15 is 0 Å². The van der Waals surface area contributed by atoms with Crippen LogP contribution in [0.3, 0.4) is 0 Å². The molecule has 100 valence electrons. The van der Waals surface area contributed by atoms with E-state index in [0.717, 1.165) is 12.0 Å². The van der Waals surface area contributed by atoms with E-state index in [2.05, 4.69) is 45.0 Å². The molecule has 1 aromatic rings. The molecule has 3 N–H and O–H groups in total. The maximum absolute atomic E-state index is 10.7. The molecule has 1 rings (SSSR count). The van der Waals surface area contributed by atoms with Gasteiger partial charge in [0.1, 0.15) is 0 Å². The second kappa shape index (κ2) is 6.01. The normalized spacial score (nSPS) is 13.3. The first kappa shape index (κ1) is 14.7. The van der Waals surface area contributed by atoms with Gasteiger partial charge in [0, 0.05) is 6.42 Å². The minimum Gasteiger partial charge on any atom is -0.481 e. The molecule has 0 bridgehead atoms. The summed E-state index contributed by atoms with van der Waals surface area (Å²) in [6, 6.07) is 8.38. The van der Waals surface area contributed by atoms with E-state index in [1.165, 1.54) is 5.56 Å². The second-order valence-electron chi connectivity index (χ2n) is 5.85. The molecular formula is C15H23NO2. The van der Waals surface area contributed by atoms with Crippen LogP contribution in [-0.4, -0.2) is 17.6 Å². The largest absolute Gasteiger partial charge is 0.481 e. The Balaban J connectivity index is 2.71. The molecule has 0 fully saturated rings. The van der Waals surface area contributed by atoms with Crippen LogP contribution in [0, 0.1) is 5.92 Å². The summed E-state index contributed by atoms with van der Waals surface area (Å²) in [4.78, 5) is 10.7. The Labute approximate surface area is 109 Å². The van der Waals surface area contributed by atoms with E-state index in [1.807, 2.05) is 0 Å². The van der Waals surface area contributed by atoms with E-state index in [0.29, 0.717) is 6.54 Å². The van der Waals surface area contributed by atoms with E-state index in [-0.39, 0.29) is 17.8 Å². The van der Waals surface area contributed by atoms with Gasteiger partial charge in [-0.15, -0.1) is 0 Å². The minimum atomic E-state index is -0.781. The van der Waals surface area contributed by atoms with Gasteiger partial charge in [0.15, 0.2) is 0 Å². The third-order valence-corrected chi connectivity index (χ3v) is 3.14. The second-order valence-corrected chi connectivity index (χ2v) is 5.85. The highest BCUT2D eigenvalue weighted by atomic mass is 16.4. The number of nitrogens with two attached hydrogens (primary N) is 1. The fourth-order valence-corrected chi connectivity index (χ4v) is 1.96. The molecule has 0 heterocycles. The predicted molar refractivity (Wildman–Crippen MR) is 73.6 cm³/mol. The number of rotatable bonds is 5. The van der Waals surface area contributed by atoms with Gasteiger partial charge in [-0.25, -0.2) is 0 Å². The Morgan fingerprint density at radius 1 is 1.28 bits per heavy atom. The molecule has 0 amide bonds. The topological polar surface area (TPSA) is 63.3 Å². The van der Waals surface area contributed by atoms with E-state index < -0.39 is 5.97 Å². The molecule has 1 unspecified atom stereocenters. The van der Waals surface area contributed by atoms with Crippen LogP contribution in [-0.2, 0) is 16.6 Å². The third kappa shape index (κ3) is 4.49. The smallest absolute Gasteiger partial charge is 0.303 e. The average Bonchev–Trinajstić information content (AvgIpc) is 2.27. The van der Waals surface area contributed by atoms with Crippen LogP contribution in [0.5, 0.6) is 0 Å². The van der Waals surface area contributed by atoms with Crippen molar-refractivity contribution in [2.75, 3.05) is 6.54 Å². The number of carboxylic acid groups (broad SMARTS) is 1. The SMILES string of the molecule is CC(C)(C)c1ccc(CC(CN)CC(=O)O)cc1. The van der Waals surface area contributed by atoms with Gasteiger partial charge >= 0.3 is 5.97 Å². The van der Waals surface area contributed by atoms with Gasteiger partial charge in [-0.2, -0.15) is 0 Å². The van der Waals surface area contributed by atoms with Crippen molar-refractivity contribution in [2.24, 2.45) is 11.7 Å². The number of hydrogen-bond acceptors (Lipinski definition) is 2. The molecule has 0 radical (unpaired) electrons. The van der Waals surface area contributed by atoms with Crippen LogP contribution in [0.15, 0.2) is 24.3 Å². The van der Waals surface area contributed by atoms with Crippen molar-refractivity contribution in [3.63, 3.8) is 0 Å². The minimum absolute atomic E-state index is 0.0167. The van der Waals surface area contributed by atoms with Crippen molar-refractivity contribution in [2.45, 2.75) is 39.0 Å². The zero-order valence-electron chi connectivity index (χ0n) is 11.4. The highest BCUT2D eigenvalue weighted by Gasteiger charge is 2.15. The summed E-state index contributed by atoms with van der Waals surface area (Å²) >= 11 is 0. The standard InChI is InChI=1S/C15H23NO2/c1-15(2,3)13-6-4-11(5-7-13)8-12(10-16)9-14(17)18/h4-7,12H,8-10,16H2,1-3H3,(H,17,18). The highest BCUT2D eigenvalue weighted by Crippen LogP contribution is 2.23. The van der Waals surface area contributed by atoms with Crippen LogP contribution in [0.1, 0.15) is 38.3 Å². The zero-order chi connectivity index (χ0) is 13.8. The van der Waals surface area contributed by atoms with Crippen LogP contribution in [0.4, 0.5) is 0 Å². The molecule has 0 aliphatic rings. The van der Waals surface area contributed by atoms with Crippen molar-refractivity contribution in [3.8, 4) is 0 Å². The van der Waals surface area contributed by atoms with Crippen molar-refractivity contribution in [3.05, 3.63) is 35.4 Å². The lowest BCUT2D eigenvalue weighted by Gasteiger charge is -2.19. The number of carboxylic acids is 1. The molecular weight excluding hydrogens is 226 g/mol. The maximum atomic E-state index is 10.7. The molecule has 0 spiro atoms.